The molecule has 0 saturated carbocycles. The molecule has 1 aliphatic heterocycles. The SMILES string of the molecule is O=C1C(=O)N(c2ccccc2)C(c2cccs2)/C1=C(/O)c1ccc(Cl)c(Cl)c1. The predicted octanol–water partition coefficient (Wildman–Crippen LogP) is 5.68. The molecular weight excluding hydrogens is 417 g/mol. The van der Waals surface area contributed by atoms with Gasteiger partial charge in [-0.25, -0.2) is 0 Å². The van der Waals surface area contributed by atoms with Crippen LogP contribution in [0.2, 0.25) is 10.0 Å². The first kappa shape index (κ1) is 18.7. The van der Waals surface area contributed by atoms with Crippen molar-refractivity contribution >= 4 is 57.7 Å². The fourth-order valence-electron chi connectivity index (χ4n) is 3.20. The molecule has 1 amide bonds. The van der Waals surface area contributed by atoms with Crippen LogP contribution in [0.3, 0.4) is 0 Å². The van der Waals surface area contributed by atoms with Crippen molar-refractivity contribution in [3.63, 3.8) is 0 Å². The Morgan fingerprint density at radius 2 is 1.71 bits per heavy atom. The third-order valence-electron chi connectivity index (χ3n) is 4.48. The lowest BCUT2D eigenvalue weighted by Gasteiger charge is -2.24. The number of carbonyl (C=O) groups excluding carboxylic acids is 2. The van der Waals surface area contributed by atoms with Crippen LogP contribution in [0.15, 0.2) is 71.6 Å². The van der Waals surface area contributed by atoms with Crippen LogP contribution in [-0.4, -0.2) is 16.8 Å². The van der Waals surface area contributed by atoms with Gasteiger partial charge in [0.05, 0.1) is 15.6 Å². The van der Waals surface area contributed by atoms with Gasteiger partial charge in [-0.3, -0.25) is 14.5 Å². The Morgan fingerprint density at radius 1 is 0.964 bits per heavy atom. The zero-order valence-electron chi connectivity index (χ0n) is 14.3. The average Bonchev–Trinajstić information content (AvgIpc) is 3.31. The monoisotopic (exact) mass is 429 g/mol. The lowest BCUT2D eigenvalue weighted by molar-refractivity contribution is -0.132. The van der Waals surface area contributed by atoms with Crippen molar-refractivity contribution in [1.29, 1.82) is 0 Å². The van der Waals surface area contributed by atoms with Gasteiger partial charge in [0.2, 0.25) is 0 Å². The first-order valence-corrected chi connectivity index (χ1v) is 9.97. The van der Waals surface area contributed by atoms with E-state index in [0.717, 1.165) is 4.88 Å². The third kappa shape index (κ3) is 3.11. The Kier molecular flexibility index (Phi) is 4.98. The number of para-hydroxylation sites is 1. The van der Waals surface area contributed by atoms with Gasteiger partial charge in [-0.1, -0.05) is 47.5 Å². The van der Waals surface area contributed by atoms with Gasteiger partial charge in [0.15, 0.2) is 0 Å². The minimum absolute atomic E-state index is 0.0229. The summed E-state index contributed by atoms with van der Waals surface area (Å²) in [6, 6.07) is 16.4. The Hall–Kier alpha value is -2.60. The number of amides is 1. The minimum atomic E-state index is -0.745. The quantitative estimate of drug-likeness (QED) is 0.330. The standard InChI is InChI=1S/C21H13Cl2NO3S/c22-14-9-8-12(11-15(14)23)19(25)17-18(16-7-4-10-28-16)24(21(27)20(17)26)13-5-2-1-3-6-13/h1-11,18,25H/b19-17-. The number of halogens is 2. The van der Waals surface area contributed by atoms with Crippen LogP contribution in [0.4, 0.5) is 5.69 Å². The van der Waals surface area contributed by atoms with E-state index in [9.17, 15) is 14.7 Å². The van der Waals surface area contributed by atoms with E-state index < -0.39 is 17.7 Å². The fourth-order valence-corrected chi connectivity index (χ4v) is 4.32. The van der Waals surface area contributed by atoms with Crippen molar-refractivity contribution < 1.29 is 14.7 Å². The normalized spacial score (nSPS) is 18.6. The van der Waals surface area contributed by atoms with Crippen LogP contribution in [0.5, 0.6) is 0 Å². The summed E-state index contributed by atoms with van der Waals surface area (Å²) in [6.07, 6.45) is 0. The molecule has 1 aromatic heterocycles. The van der Waals surface area contributed by atoms with Gasteiger partial charge >= 0.3 is 0 Å². The molecule has 4 rings (SSSR count). The first-order valence-electron chi connectivity index (χ1n) is 8.34. The summed E-state index contributed by atoms with van der Waals surface area (Å²) in [5.41, 5.74) is 0.924. The minimum Gasteiger partial charge on any atom is -0.507 e. The summed E-state index contributed by atoms with van der Waals surface area (Å²) in [4.78, 5) is 27.9. The molecule has 7 heteroatoms. The van der Waals surface area contributed by atoms with Gasteiger partial charge in [-0.05, 0) is 41.8 Å². The molecule has 0 radical (unpaired) electrons. The smallest absolute Gasteiger partial charge is 0.300 e. The second-order valence-electron chi connectivity index (χ2n) is 6.15. The van der Waals surface area contributed by atoms with Gasteiger partial charge in [0.25, 0.3) is 11.7 Å². The van der Waals surface area contributed by atoms with E-state index >= 15 is 0 Å². The van der Waals surface area contributed by atoms with Crippen LogP contribution in [-0.2, 0) is 9.59 Å². The number of aliphatic hydroxyl groups is 1. The number of anilines is 1. The summed E-state index contributed by atoms with van der Waals surface area (Å²) < 4.78 is 0. The van der Waals surface area contributed by atoms with Crippen molar-refractivity contribution in [2.45, 2.75) is 6.04 Å². The van der Waals surface area contributed by atoms with Gasteiger partial charge in [0.1, 0.15) is 11.8 Å². The molecule has 0 aliphatic carbocycles. The average molecular weight is 430 g/mol. The van der Waals surface area contributed by atoms with Crippen molar-refractivity contribution in [1.82, 2.24) is 0 Å². The molecule has 2 aromatic carbocycles. The van der Waals surface area contributed by atoms with Crippen LogP contribution in [0.25, 0.3) is 5.76 Å². The number of carbonyl (C=O) groups is 2. The molecule has 1 N–H and O–H groups in total. The Morgan fingerprint density at radius 3 is 2.36 bits per heavy atom. The van der Waals surface area contributed by atoms with E-state index in [1.807, 2.05) is 23.6 Å². The predicted molar refractivity (Wildman–Crippen MR) is 112 cm³/mol. The summed E-state index contributed by atoms with van der Waals surface area (Å²) in [7, 11) is 0. The van der Waals surface area contributed by atoms with Crippen LogP contribution < -0.4 is 4.90 Å². The topological polar surface area (TPSA) is 57.6 Å². The molecule has 1 saturated heterocycles. The van der Waals surface area contributed by atoms with Crippen molar-refractivity contribution in [2.75, 3.05) is 4.90 Å². The van der Waals surface area contributed by atoms with E-state index in [2.05, 4.69) is 0 Å². The van der Waals surface area contributed by atoms with Gasteiger partial charge in [0, 0.05) is 16.1 Å². The number of benzene rings is 2. The maximum Gasteiger partial charge on any atom is 0.300 e. The summed E-state index contributed by atoms with van der Waals surface area (Å²) >= 11 is 13.4. The molecular formula is C21H13Cl2NO3S. The highest BCUT2D eigenvalue weighted by Gasteiger charge is 2.47. The lowest BCUT2D eigenvalue weighted by Crippen LogP contribution is -2.29. The molecule has 1 aliphatic rings. The van der Waals surface area contributed by atoms with Crippen LogP contribution >= 0.6 is 34.5 Å². The van der Waals surface area contributed by atoms with Crippen LogP contribution in [0.1, 0.15) is 16.5 Å². The van der Waals surface area contributed by atoms with E-state index in [1.54, 1.807) is 30.3 Å². The molecule has 1 unspecified atom stereocenters. The zero-order chi connectivity index (χ0) is 19.8. The third-order valence-corrected chi connectivity index (χ3v) is 6.15. The largest absolute Gasteiger partial charge is 0.507 e. The Balaban J connectivity index is 1.93. The number of Topliss-reactive ketones (excluding diaryl/α,β-unsaturated/α-hetero) is 1. The number of thiophene rings is 1. The number of nitrogens with zero attached hydrogens (tertiary/aromatic N) is 1. The van der Waals surface area contributed by atoms with E-state index in [1.165, 1.54) is 28.4 Å². The first-order chi connectivity index (χ1) is 13.5. The second kappa shape index (κ2) is 7.43. The van der Waals surface area contributed by atoms with Crippen LogP contribution in [0, 0.1) is 0 Å². The van der Waals surface area contributed by atoms with E-state index in [0.29, 0.717) is 16.3 Å². The van der Waals surface area contributed by atoms with Crippen molar-refractivity contribution in [3.8, 4) is 0 Å². The molecule has 3 aromatic rings. The molecule has 0 spiro atoms. The number of hydrogen-bond acceptors (Lipinski definition) is 4. The number of ketones is 1. The molecule has 2 heterocycles. The summed E-state index contributed by atoms with van der Waals surface area (Å²) in [5, 5.41) is 13.4. The highest BCUT2D eigenvalue weighted by Crippen LogP contribution is 2.43. The van der Waals surface area contributed by atoms with Gasteiger partial charge in [-0.15, -0.1) is 11.3 Å². The molecule has 140 valence electrons. The van der Waals surface area contributed by atoms with Crippen molar-refractivity contribution in [2.24, 2.45) is 0 Å². The summed E-state index contributed by atoms with van der Waals surface area (Å²) in [6.45, 7) is 0. The van der Waals surface area contributed by atoms with E-state index in [4.69, 9.17) is 23.2 Å². The van der Waals surface area contributed by atoms with Gasteiger partial charge in [-0.2, -0.15) is 0 Å². The molecule has 1 atom stereocenters. The molecule has 0 bridgehead atoms. The van der Waals surface area contributed by atoms with E-state index in [-0.39, 0.29) is 16.4 Å². The van der Waals surface area contributed by atoms with Gasteiger partial charge < -0.3 is 5.11 Å². The highest BCUT2D eigenvalue weighted by atomic mass is 35.5. The van der Waals surface area contributed by atoms with Crippen molar-refractivity contribution in [3.05, 3.63) is 92.1 Å². The second-order valence-corrected chi connectivity index (χ2v) is 7.94. The Bertz CT molecular complexity index is 1090. The Labute approximate surface area is 175 Å². The summed E-state index contributed by atoms with van der Waals surface area (Å²) in [5.74, 6) is -1.72. The number of rotatable bonds is 3. The maximum atomic E-state index is 12.9. The lowest BCUT2D eigenvalue weighted by atomic mass is 9.99. The zero-order valence-corrected chi connectivity index (χ0v) is 16.6. The number of aliphatic hydroxyl groups excluding tert-OH is 1. The molecule has 1 fully saturated rings. The fraction of sp³-hybridized carbons (Fsp3) is 0.0476. The highest BCUT2D eigenvalue weighted by molar-refractivity contribution is 7.10. The molecule has 4 nitrogen and oxygen atoms in total. The number of hydrogen-bond donors (Lipinski definition) is 1. The maximum absolute atomic E-state index is 12.9. The molecule has 28 heavy (non-hydrogen) atoms.